The number of hydrogen-bond donors (Lipinski definition) is 0. The molecule has 0 aromatic carbocycles. The lowest BCUT2D eigenvalue weighted by atomic mass is 9.99. The summed E-state index contributed by atoms with van der Waals surface area (Å²) in [4.78, 5) is 37.4. The fraction of sp³-hybridized carbons (Fsp3) is 0.929. The molecule has 0 aromatic rings. The third kappa shape index (κ3) is 34.3. The average molecular weight is 681 g/mol. The van der Waals surface area contributed by atoms with Gasteiger partial charge in [-0.05, 0) is 31.1 Å². The second-order valence-electron chi connectivity index (χ2n) is 15.0. The Morgan fingerprint density at radius 1 is 0.438 bits per heavy atom. The minimum absolute atomic E-state index is 0.0668. The van der Waals surface area contributed by atoms with Gasteiger partial charge in [-0.25, -0.2) is 0 Å². The maximum Gasteiger partial charge on any atom is 0.306 e. The second kappa shape index (κ2) is 35.2. The molecule has 0 fully saturated rings. The van der Waals surface area contributed by atoms with E-state index in [2.05, 4.69) is 34.6 Å². The first-order valence-electron chi connectivity index (χ1n) is 20.8. The van der Waals surface area contributed by atoms with Crippen LogP contribution in [0.5, 0.6) is 0 Å². The lowest BCUT2D eigenvalue weighted by Gasteiger charge is -2.18. The summed E-state index contributed by atoms with van der Waals surface area (Å²) in [6.45, 7) is 11.2. The number of rotatable bonds is 36. The largest absolute Gasteiger partial charge is 0.462 e. The maximum absolute atomic E-state index is 12.6. The smallest absolute Gasteiger partial charge is 0.306 e. The first kappa shape index (κ1) is 46.4. The van der Waals surface area contributed by atoms with Crippen molar-refractivity contribution in [3.8, 4) is 0 Å². The molecule has 6 nitrogen and oxygen atoms in total. The van der Waals surface area contributed by atoms with Crippen LogP contribution < -0.4 is 0 Å². The number of hydrogen-bond acceptors (Lipinski definition) is 6. The molecule has 0 saturated heterocycles. The van der Waals surface area contributed by atoms with Gasteiger partial charge in [0, 0.05) is 19.3 Å². The number of esters is 3. The number of carbonyl (C=O) groups excluding carboxylic acids is 3. The van der Waals surface area contributed by atoms with Crippen LogP contribution in [0.2, 0.25) is 0 Å². The molecule has 284 valence electrons. The number of ether oxygens (including phenoxy) is 3. The Morgan fingerprint density at radius 2 is 0.792 bits per heavy atom. The van der Waals surface area contributed by atoms with Crippen molar-refractivity contribution in [1.82, 2.24) is 0 Å². The predicted molar refractivity (Wildman–Crippen MR) is 201 cm³/mol. The molecule has 0 aromatic heterocycles. The zero-order valence-electron chi connectivity index (χ0n) is 32.6. The molecule has 0 saturated carbocycles. The van der Waals surface area contributed by atoms with Crippen molar-refractivity contribution in [2.75, 3.05) is 13.2 Å². The Balaban J connectivity index is 4.30. The zero-order chi connectivity index (χ0) is 35.5. The highest BCUT2D eigenvalue weighted by molar-refractivity contribution is 5.71. The summed E-state index contributed by atoms with van der Waals surface area (Å²) < 4.78 is 16.6. The van der Waals surface area contributed by atoms with E-state index in [1.165, 1.54) is 109 Å². The molecule has 2 atom stereocenters. The molecule has 0 spiro atoms. The Bertz CT molecular complexity index is 736. The Hall–Kier alpha value is -1.59. The van der Waals surface area contributed by atoms with Gasteiger partial charge < -0.3 is 14.2 Å². The molecule has 0 aliphatic rings. The summed E-state index contributed by atoms with van der Waals surface area (Å²) in [6.07, 6.45) is 31.0. The van der Waals surface area contributed by atoms with Gasteiger partial charge in [0.05, 0.1) is 0 Å². The molecular weight excluding hydrogens is 600 g/mol. The van der Waals surface area contributed by atoms with Crippen molar-refractivity contribution in [3.05, 3.63) is 0 Å². The van der Waals surface area contributed by atoms with Crippen molar-refractivity contribution in [2.24, 2.45) is 11.8 Å². The average Bonchev–Trinajstić information content (AvgIpc) is 3.06. The van der Waals surface area contributed by atoms with Crippen LogP contribution in [0.25, 0.3) is 0 Å². The summed E-state index contributed by atoms with van der Waals surface area (Å²) in [6, 6.07) is 0. The van der Waals surface area contributed by atoms with Crippen molar-refractivity contribution in [2.45, 2.75) is 227 Å². The zero-order valence-corrected chi connectivity index (χ0v) is 32.6. The maximum atomic E-state index is 12.6. The van der Waals surface area contributed by atoms with E-state index >= 15 is 0 Å². The van der Waals surface area contributed by atoms with Crippen LogP contribution in [0.3, 0.4) is 0 Å². The third-order valence-electron chi connectivity index (χ3n) is 9.58. The third-order valence-corrected chi connectivity index (χ3v) is 9.58. The first-order valence-corrected chi connectivity index (χ1v) is 20.8. The van der Waals surface area contributed by atoms with Gasteiger partial charge in [-0.3, -0.25) is 14.4 Å². The molecule has 0 amide bonds. The van der Waals surface area contributed by atoms with Gasteiger partial charge in [0.1, 0.15) is 13.2 Å². The summed E-state index contributed by atoms with van der Waals surface area (Å²) >= 11 is 0. The van der Waals surface area contributed by atoms with Crippen LogP contribution in [0.15, 0.2) is 0 Å². The van der Waals surface area contributed by atoms with Gasteiger partial charge in [-0.15, -0.1) is 0 Å². The van der Waals surface area contributed by atoms with Crippen molar-refractivity contribution in [3.63, 3.8) is 0 Å². The highest BCUT2D eigenvalue weighted by Crippen LogP contribution is 2.16. The van der Waals surface area contributed by atoms with Crippen molar-refractivity contribution >= 4 is 17.9 Å². The summed E-state index contributed by atoms with van der Waals surface area (Å²) in [7, 11) is 0. The van der Waals surface area contributed by atoms with Crippen LogP contribution in [-0.4, -0.2) is 37.2 Å². The van der Waals surface area contributed by atoms with Gasteiger partial charge in [-0.2, -0.15) is 0 Å². The van der Waals surface area contributed by atoms with Crippen LogP contribution in [0.1, 0.15) is 221 Å². The highest BCUT2D eigenvalue weighted by Gasteiger charge is 2.19. The molecule has 0 heterocycles. The van der Waals surface area contributed by atoms with Crippen LogP contribution in [0, 0.1) is 11.8 Å². The van der Waals surface area contributed by atoms with E-state index in [0.717, 1.165) is 69.6 Å². The van der Waals surface area contributed by atoms with Gasteiger partial charge in [0.15, 0.2) is 6.10 Å². The highest BCUT2D eigenvalue weighted by atomic mass is 16.6. The Morgan fingerprint density at radius 3 is 1.19 bits per heavy atom. The van der Waals surface area contributed by atoms with E-state index in [4.69, 9.17) is 14.2 Å². The van der Waals surface area contributed by atoms with E-state index < -0.39 is 6.10 Å². The molecule has 0 rings (SSSR count). The quantitative estimate of drug-likeness (QED) is 0.0372. The molecule has 48 heavy (non-hydrogen) atoms. The van der Waals surface area contributed by atoms with Crippen LogP contribution in [-0.2, 0) is 28.6 Å². The van der Waals surface area contributed by atoms with E-state index in [1.54, 1.807) is 0 Å². The van der Waals surface area contributed by atoms with Gasteiger partial charge >= 0.3 is 17.9 Å². The normalized spacial score (nSPS) is 12.6. The minimum atomic E-state index is -0.758. The fourth-order valence-electron chi connectivity index (χ4n) is 6.01. The van der Waals surface area contributed by atoms with Crippen molar-refractivity contribution < 1.29 is 28.6 Å². The Kier molecular flexibility index (Phi) is 34.1. The first-order chi connectivity index (χ1) is 23.3. The minimum Gasteiger partial charge on any atom is -0.462 e. The molecule has 0 N–H and O–H groups in total. The second-order valence-corrected chi connectivity index (χ2v) is 15.0. The van der Waals surface area contributed by atoms with Crippen LogP contribution >= 0.6 is 0 Å². The standard InChI is InChI=1S/C42H80O6/c1-6-8-9-10-15-24-29-34-42(45)48-39(35-46-40(43)32-27-22-18-13-11-16-20-25-30-37(3)4)36-47-41(44)33-28-23-19-14-12-17-21-26-31-38(5)7-2/h37-39H,6-36H2,1-5H3/t38?,39-/m1/s1. The molecule has 6 heteroatoms. The van der Waals surface area contributed by atoms with E-state index in [0.29, 0.717) is 19.3 Å². The topological polar surface area (TPSA) is 78.9 Å². The van der Waals surface area contributed by atoms with Crippen LogP contribution in [0.4, 0.5) is 0 Å². The summed E-state index contributed by atoms with van der Waals surface area (Å²) in [5.41, 5.74) is 0. The molecule has 1 unspecified atom stereocenters. The van der Waals surface area contributed by atoms with Crippen molar-refractivity contribution in [1.29, 1.82) is 0 Å². The van der Waals surface area contributed by atoms with Gasteiger partial charge in [-0.1, -0.05) is 182 Å². The summed E-state index contributed by atoms with van der Waals surface area (Å²) in [5, 5.41) is 0. The van der Waals surface area contributed by atoms with E-state index in [-0.39, 0.29) is 31.1 Å². The lowest BCUT2D eigenvalue weighted by Crippen LogP contribution is -2.30. The molecule has 0 aliphatic heterocycles. The lowest BCUT2D eigenvalue weighted by molar-refractivity contribution is -0.167. The van der Waals surface area contributed by atoms with Gasteiger partial charge in [0.25, 0.3) is 0 Å². The fourth-order valence-corrected chi connectivity index (χ4v) is 6.01. The predicted octanol–water partition coefficient (Wildman–Crippen LogP) is 12.6. The number of carbonyl (C=O) groups is 3. The molecule has 0 aliphatic carbocycles. The number of unbranched alkanes of at least 4 members (excludes halogenated alkanes) is 20. The van der Waals surface area contributed by atoms with E-state index in [9.17, 15) is 14.4 Å². The monoisotopic (exact) mass is 681 g/mol. The molecular formula is C42H80O6. The van der Waals surface area contributed by atoms with E-state index in [1.807, 2.05) is 0 Å². The molecule has 0 bridgehead atoms. The molecule has 0 radical (unpaired) electrons. The summed E-state index contributed by atoms with van der Waals surface area (Å²) in [5.74, 6) is 0.772. The Labute approximate surface area is 298 Å². The SMILES string of the molecule is CCCCCCCCCC(=O)O[C@H](COC(=O)CCCCCCCCCCC(C)C)COC(=O)CCCCCCCCCCC(C)CC. The van der Waals surface area contributed by atoms with Gasteiger partial charge in [0.2, 0.25) is 0 Å².